The predicted molar refractivity (Wildman–Crippen MR) is 37.3 cm³/mol. The van der Waals surface area contributed by atoms with Gasteiger partial charge in [-0.1, -0.05) is 6.92 Å². The predicted octanol–water partition coefficient (Wildman–Crippen LogP) is 0.509. The van der Waals surface area contributed by atoms with Crippen molar-refractivity contribution in [2.24, 2.45) is 0 Å². The van der Waals surface area contributed by atoms with Crippen LogP contribution in [0.4, 0.5) is 0 Å². The number of nitrogens with one attached hydrogen (secondary N) is 1. The van der Waals surface area contributed by atoms with Crippen molar-refractivity contribution in [3.05, 3.63) is 0 Å². The third-order valence-electron chi connectivity index (χ3n) is 2.43. The van der Waals surface area contributed by atoms with Gasteiger partial charge in [-0.2, -0.15) is 0 Å². The Morgan fingerprint density at radius 3 is 2.67 bits per heavy atom. The highest BCUT2D eigenvalue weighted by molar-refractivity contribution is 4.93. The first-order chi connectivity index (χ1) is 4.19. The zero-order chi connectivity index (χ0) is 6.91. The zero-order valence-electron chi connectivity index (χ0n) is 6.15. The molecule has 1 rings (SSSR count). The maximum Gasteiger partial charge on any atom is 0.0806 e. The van der Waals surface area contributed by atoms with Gasteiger partial charge in [-0.05, 0) is 26.3 Å². The second kappa shape index (κ2) is 2.27. The van der Waals surface area contributed by atoms with Crippen LogP contribution in [0, 0.1) is 0 Å². The largest absolute Gasteiger partial charge is 0.388 e. The molecule has 0 amide bonds. The summed E-state index contributed by atoms with van der Waals surface area (Å²) in [7, 11) is 0. The van der Waals surface area contributed by atoms with Gasteiger partial charge >= 0.3 is 0 Å². The molecule has 1 aliphatic rings. The van der Waals surface area contributed by atoms with Crippen molar-refractivity contribution < 1.29 is 5.11 Å². The van der Waals surface area contributed by atoms with E-state index in [1.165, 1.54) is 0 Å². The molecule has 9 heavy (non-hydrogen) atoms. The van der Waals surface area contributed by atoms with Crippen LogP contribution in [0.1, 0.15) is 26.7 Å². The molecule has 2 nitrogen and oxygen atoms in total. The first-order valence-corrected chi connectivity index (χ1v) is 3.65. The highest BCUT2D eigenvalue weighted by Gasteiger charge is 2.35. The third kappa shape index (κ3) is 1.10. The summed E-state index contributed by atoms with van der Waals surface area (Å²) in [6.07, 6.45) is 1.77. The van der Waals surface area contributed by atoms with Crippen molar-refractivity contribution in [1.29, 1.82) is 0 Å². The molecule has 0 aromatic rings. The van der Waals surface area contributed by atoms with Crippen LogP contribution in [-0.4, -0.2) is 23.3 Å². The van der Waals surface area contributed by atoms with Gasteiger partial charge in [-0.25, -0.2) is 0 Å². The highest BCUT2D eigenvalue weighted by atomic mass is 16.3. The average Bonchev–Trinajstić information content (AvgIpc) is 2.15. The first-order valence-electron chi connectivity index (χ1n) is 3.65. The van der Waals surface area contributed by atoms with Crippen LogP contribution in [0.2, 0.25) is 0 Å². The van der Waals surface area contributed by atoms with Crippen LogP contribution in [0.15, 0.2) is 0 Å². The maximum absolute atomic E-state index is 9.71. The van der Waals surface area contributed by atoms with Gasteiger partial charge < -0.3 is 10.4 Å². The SMILES string of the molecule is CC[C@]1(O)CCN[C@H]1C. The summed E-state index contributed by atoms with van der Waals surface area (Å²) in [6, 6.07) is 0.280. The fourth-order valence-electron chi connectivity index (χ4n) is 1.39. The smallest absolute Gasteiger partial charge is 0.0806 e. The van der Waals surface area contributed by atoms with Gasteiger partial charge in [0.1, 0.15) is 0 Å². The fraction of sp³-hybridized carbons (Fsp3) is 1.00. The van der Waals surface area contributed by atoms with E-state index >= 15 is 0 Å². The molecule has 1 saturated heterocycles. The molecule has 1 fully saturated rings. The molecule has 0 spiro atoms. The lowest BCUT2D eigenvalue weighted by Crippen LogP contribution is -2.39. The Labute approximate surface area is 56.3 Å². The molecule has 2 heteroatoms. The molecule has 2 atom stereocenters. The number of aliphatic hydroxyl groups is 1. The lowest BCUT2D eigenvalue weighted by Gasteiger charge is -2.24. The number of hydrogen-bond acceptors (Lipinski definition) is 2. The molecule has 1 aliphatic heterocycles. The van der Waals surface area contributed by atoms with Gasteiger partial charge in [-0.15, -0.1) is 0 Å². The quantitative estimate of drug-likeness (QED) is 0.540. The molecule has 0 aliphatic carbocycles. The van der Waals surface area contributed by atoms with Crippen LogP contribution in [0.5, 0.6) is 0 Å². The van der Waals surface area contributed by atoms with Gasteiger partial charge in [0.15, 0.2) is 0 Å². The van der Waals surface area contributed by atoms with Crippen LogP contribution >= 0.6 is 0 Å². The Balaban J connectivity index is 2.56. The summed E-state index contributed by atoms with van der Waals surface area (Å²) in [6.45, 7) is 5.03. The average molecular weight is 129 g/mol. The van der Waals surface area contributed by atoms with E-state index in [-0.39, 0.29) is 6.04 Å². The van der Waals surface area contributed by atoms with E-state index in [0.29, 0.717) is 0 Å². The standard InChI is InChI=1S/C7H15NO/c1-3-7(9)4-5-8-6(7)2/h6,8-9H,3-5H2,1-2H3/t6-,7-/m0/s1. The molecule has 0 aromatic carbocycles. The second-order valence-electron chi connectivity index (χ2n) is 2.88. The Morgan fingerprint density at radius 2 is 2.44 bits per heavy atom. The van der Waals surface area contributed by atoms with Crippen LogP contribution in [0.25, 0.3) is 0 Å². The van der Waals surface area contributed by atoms with Crippen LogP contribution in [0.3, 0.4) is 0 Å². The Bertz CT molecular complexity index is 105. The molecule has 54 valence electrons. The molecular formula is C7H15NO. The monoisotopic (exact) mass is 129 g/mol. The summed E-state index contributed by atoms with van der Waals surface area (Å²) in [5.74, 6) is 0. The lowest BCUT2D eigenvalue weighted by atomic mass is 9.93. The minimum absolute atomic E-state index is 0.280. The molecule has 0 unspecified atom stereocenters. The summed E-state index contributed by atoms with van der Waals surface area (Å²) in [5, 5.41) is 12.9. The normalized spacial score (nSPS) is 43.7. The van der Waals surface area contributed by atoms with Gasteiger partial charge in [0.05, 0.1) is 5.60 Å². The summed E-state index contributed by atoms with van der Waals surface area (Å²) < 4.78 is 0. The molecule has 0 radical (unpaired) electrons. The highest BCUT2D eigenvalue weighted by Crippen LogP contribution is 2.23. The Kier molecular flexibility index (Phi) is 1.78. The molecular weight excluding hydrogens is 114 g/mol. The van der Waals surface area contributed by atoms with Crippen molar-refractivity contribution in [3.8, 4) is 0 Å². The molecule has 0 bridgehead atoms. The Morgan fingerprint density at radius 1 is 1.78 bits per heavy atom. The maximum atomic E-state index is 9.71. The van der Waals surface area contributed by atoms with Crippen molar-refractivity contribution in [3.63, 3.8) is 0 Å². The molecule has 0 aromatic heterocycles. The van der Waals surface area contributed by atoms with E-state index in [1.807, 2.05) is 13.8 Å². The molecule has 0 saturated carbocycles. The van der Waals surface area contributed by atoms with Crippen molar-refractivity contribution in [1.82, 2.24) is 5.32 Å². The first kappa shape index (κ1) is 7.03. The van der Waals surface area contributed by atoms with Crippen molar-refractivity contribution >= 4 is 0 Å². The third-order valence-corrected chi connectivity index (χ3v) is 2.43. The number of hydrogen-bond donors (Lipinski definition) is 2. The van der Waals surface area contributed by atoms with Crippen LogP contribution < -0.4 is 5.32 Å². The number of rotatable bonds is 1. The topological polar surface area (TPSA) is 32.3 Å². The second-order valence-corrected chi connectivity index (χ2v) is 2.88. The minimum atomic E-state index is -0.417. The summed E-state index contributed by atoms with van der Waals surface area (Å²) >= 11 is 0. The van der Waals surface area contributed by atoms with E-state index in [9.17, 15) is 5.11 Å². The molecule has 1 heterocycles. The van der Waals surface area contributed by atoms with Crippen molar-refractivity contribution in [2.75, 3.05) is 6.54 Å². The van der Waals surface area contributed by atoms with Gasteiger partial charge in [0.25, 0.3) is 0 Å². The zero-order valence-corrected chi connectivity index (χ0v) is 6.15. The summed E-state index contributed by atoms with van der Waals surface area (Å²) in [5.41, 5.74) is -0.417. The molecule has 2 N–H and O–H groups in total. The Hall–Kier alpha value is -0.0800. The van der Waals surface area contributed by atoms with Gasteiger partial charge in [0.2, 0.25) is 0 Å². The van der Waals surface area contributed by atoms with Gasteiger partial charge in [0, 0.05) is 6.04 Å². The minimum Gasteiger partial charge on any atom is -0.388 e. The summed E-state index contributed by atoms with van der Waals surface area (Å²) in [4.78, 5) is 0. The van der Waals surface area contributed by atoms with E-state index < -0.39 is 5.60 Å². The van der Waals surface area contributed by atoms with E-state index in [4.69, 9.17) is 0 Å². The van der Waals surface area contributed by atoms with E-state index in [2.05, 4.69) is 5.32 Å². The van der Waals surface area contributed by atoms with E-state index in [0.717, 1.165) is 19.4 Å². The van der Waals surface area contributed by atoms with Crippen LogP contribution in [-0.2, 0) is 0 Å². The lowest BCUT2D eigenvalue weighted by molar-refractivity contribution is 0.0294. The van der Waals surface area contributed by atoms with Gasteiger partial charge in [-0.3, -0.25) is 0 Å². The van der Waals surface area contributed by atoms with Crippen molar-refractivity contribution in [2.45, 2.75) is 38.3 Å². The fourth-order valence-corrected chi connectivity index (χ4v) is 1.39. The van der Waals surface area contributed by atoms with E-state index in [1.54, 1.807) is 0 Å².